The molecule has 2 aromatic rings. The highest BCUT2D eigenvalue weighted by molar-refractivity contribution is 5.65. The number of carbonyl (C=O) groups is 1. The van der Waals surface area contributed by atoms with Crippen LogP contribution in [0.15, 0.2) is 30.7 Å². The van der Waals surface area contributed by atoms with Crippen molar-refractivity contribution in [2.75, 3.05) is 44.0 Å². The minimum absolute atomic E-state index is 0.447. The van der Waals surface area contributed by atoms with Crippen LogP contribution < -0.4 is 15.0 Å². The van der Waals surface area contributed by atoms with Crippen LogP contribution in [-0.4, -0.2) is 64.8 Å². The molecule has 27 heavy (non-hydrogen) atoms. The number of rotatable bonds is 6. The normalized spacial score (nSPS) is 14.7. The average Bonchev–Trinajstić information content (AvgIpc) is 2.69. The van der Waals surface area contributed by atoms with E-state index >= 15 is 0 Å². The third kappa shape index (κ3) is 4.96. The molecular weight excluding hydrogens is 348 g/mol. The number of pyridine rings is 1. The Morgan fingerprint density at radius 1 is 1.33 bits per heavy atom. The molecule has 144 valence electrons. The summed E-state index contributed by atoms with van der Waals surface area (Å²) >= 11 is 0. The van der Waals surface area contributed by atoms with Crippen molar-refractivity contribution in [3.63, 3.8) is 0 Å². The number of anilines is 3. The van der Waals surface area contributed by atoms with E-state index in [1.54, 1.807) is 19.4 Å². The summed E-state index contributed by atoms with van der Waals surface area (Å²) in [6, 6.07) is 5.53. The summed E-state index contributed by atoms with van der Waals surface area (Å²) < 4.78 is 5.06. The van der Waals surface area contributed by atoms with Gasteiger partial charge in [0.05, 0.1) is 19.0 Å². The lowest BCUT2D eigenvalue weighted by Gasteiger charge is -2.32. The zero-order valence-electron chi connectivity index (χ0n) is 15.5. The number of carboxylic acid groups (broad SMARTS) is 1. The van der Waals surface area contributed by atoms with Gasteiger partial charge in [-0.3, -0.25) is 0 Å². The quantitative estimate of drug-likeness (QED) is 0.797. The van der Waals surface area contributed by atoms with E-state index in [2.05, 4.69) is 25.2 Å². The fourth-order valence-electron chi connectivity index (χ4n) is 3.13. The van der Waals surface area contributed by atoms with E-state index < -0.39 is 6.09 Å². The van der Waals surface area contributed by atoms with Crippen LogP contribution in [0, 0.1) is 5.92 Å². The largest absolute Gasteiger partial charge is 0.481 e. The van der Waals surface area contributed by atoms with Crippen LogP contribution in [0.2, 0.25) is 0 Å². The van der Waals surface area contributed by atoms with Gasteiger partial charge < -0.3 is 25.0 Å². The van der Waals surface area contributed by atoms with Crippen LogP contribution in [0.3, 0.4) is 0 Å². The van der Waals surface area contributed by atoms with Crippen molar-refractivity contribution in [2.45, 2.75) is 12.8 Å². The average molecular weight is 372 g/mol. The second kappa shape index (κ2) is 8.52. The van der Waals surface area contributed by atoms with Crippen LogP contribution in [0.25, 0.3) is 0 Å². The van der Waals surface area contributed by atoms with E-state index in [9.17, 15) is 4.79 Å². The Kier molecular flexibility index (Phi) is 5.90. The number of aromatic nitrogens is 3. The molecule has 9 nitrogen and oxygen atoms in total. The predicted molar refractivity (Wildman–Crippen MR) is 102 cm³/mol. The zero-order valence-corrected chi connectivity index (χ0v) is 15.5. The molecule has 3 heterocycles. The second-order valence-corrected chi connectivity index (χ2v) is 6.57. The smallest absolute Gasteiger partial charge is 0.407 e. The fourth-order valence-corrected chi connectivity index (χ4v) is 3.13. The molecule has 0 aliphatic carbocycles. The molecule has 0 spiro atoms. The van der Waals surface area contributed by atoms with Crippen LogP contribution in [0.5, 0.6) is 5.88 Å². The van der Waals surface area contributed by atoms with Crippen LogP contribution in [-0.2, 0) is 0 Å². The molecule has 2 N–H and O–H groups in total. The summed E-state index contributed by atoms with van der Waals surface area (Å²) in [7, 11) is 3.57. The first-order valence-electron chi connectivity index (χ1n) is 8.83. The molecule has 1 aliphatic rings. The van der Waals surface area contributed by atoms with Crippen molar-refractivity contribution in [1.29, 1.82) is 0 Å². The number of ether oxygens (including phenoxy) is 1. The van der Waals surface area contributed by atoms with E-state index in [0.29, 0.717) is 30.7 Å². The summed E-state index contributed by atoms with van der Waals surface area (Å²) in [5.41, 5.74) is 0.809. The second-order valence-electron chi connectivity index (χ2n) is 6.57. The summed E-state index contributed by atoms with van der Waals surface area (Å²) in [6.07, 6.45) is 4.11. The van der Waals surface area contributed by atoms with E-state index in [-0.39, 0.29) is 0 Å². The molecule has 1 fully saturated rings. The van der Waals surface area contributed by atoms with Gasteiger partial charge in [-0.2, -0.15) is 0 Å². The number of amides is 1. The SMILES string of the molecule is COc1ccc(Nc2cc(N(C)CC3CCN(C(=O)O)CC3)ncn2)cn1. The first kappa shape index (κ1) is 18.7. The molecule has 0 atom stereocenters. The monoisotopic (exact) mass is 372 g/mol. The molecule has 0 unspecified atom stereocenters. The molecule has 0 bridgehead atoms. The maximum atomic E-state index is 11.0. The van der Waals surface area contributed by atoms with Crippen LogP contribution in [0.1, 0.15) is 12.8 Å². The Labute approximate surface area is 158 Å². The lowest BCUT2D eigenvalue weighted by molar-refractivity contribution is 0.125. The van der Waals surface area contributed by atoms with Gasteiger partial charge in [0.15, 0.2) is 0 Å². The van der Waals surface area contributed by atoms with E-state index in [1.807, 2.05) is 19.2 Å². The minimum atomic E-state index is -0.832. The number of nitrogens with one attached hydrogen (secondary N) is 1. The minimum Gasteiger partial charge on any atom is -0.481 e. The summed E-state index contributed by atoms with van der Waals surface area (Å²) in [6.45, 7) is 2.01. The molecule has 9 heteroatoms. The number of nitrogens with zero attached hydrogens (tertiary/aromatic N) is 5. The molecule has 1 amide bonds. The molecule has 2 aromatic heterocycles. The lowest BCUT2D eigenvalue weighted by Crippen LogP contribution is -2.40. The van der Waals surface area contributed by atoms with Crippen molar-refractivity contribution in [3.8, 4) is 5.88 Å². The van der Waals surface area contributed by atoms with E-state index in [4.69, 9.17) is 9.84 Å². The first-order valence-corrected chi connectivity index (χ1v) is 8.83. The van der Waals surface area contributed by atoms with Crippen molar-refractivity contribution in [2.24, 2.45) is 5.92 Å². The molecule has 0 aromatic carbocycles. The van der Waals surface area contributed by atoms with Gasteiger partial charge in [-0.25, -0.2) is 19.7 Å². The number of hydrogen-bond acceptors (Lipinski definition) is 7. The maximum Gasteiger partial charge on any atom is 0.407 e. The van der Waals surface area contributed by atoms with Crippen molar-refractivity contribution >= 4 is 23.4 Å². The van der Waals surface area contributed by atoms with Gasteiger partial charge >= 0.3 is 6.09 Å². The lowest BCUT2D eigenvalue weighted by atomic mass is 9.96. The maximum absolute atomic E-state index is 11.0. The Bertz CT molecular complexity index is 762. The Hall–Kier alpha value is -3.10. The van der Waals surface area contributed by atoms with Gasteiger partial charge in [0, 0.05) is 38.8 Å². The van der Waals surface area contributed by atoms with Crippen LogP contribution >= 0.6 is 0 Å². The fraction of sp³-hybridized carbons (Fsp3) is 0.444. The number of likely N-dealkylation sites (tertiary alicyclic amines) is 1. The first-order chi connectivity index (χ1) is 13.0. The van der Waals surface area contributed by atoms with E-state index in [0.717, 1.165) is 30.9 Å². The molecule has 1 saturated heterocycles. The van der Waals surface area contributed by atoms with E-state index in [1.165, 1.54) is 11.2 Å². The molecule has 0 saturated carbocycles. The Balaban J connectivity index is 1.58. The van der Waals surface area contributed by atoms with Crippen molar-refractivity contribution in [1.82, 2.24) is 19.9 Å². The Morgan fingerprint density at radius 3 is 2.74 bits per heavy atom. The summed E-state index contributed by atoms with van der Waals surface area (Å²) in [5, 5.41) is 12.3. The number of methoxy groups -OCH3 is 1. The third-order valence-electron chi connectivity index (χ3n) is 4.68. The van der Waals surface area contributed by atoms with Gasteiger partial charge in [0.25, 0.3) is 0 Å². The van der Waals surface area contributed by atoms with Crippen molar-refractivity contribution in [3.05, 3.63) is 30.7 Å². The molecule has 1 aliphatic heterocycles. The summed E-state index contributed by atoms with van der Waals surface area (Å²) in [4.78, 5) is 27.3. The predicted octanol–water partition coefficient (Wildman–Crippen LogP) is 2.45. The Morgan fingerprint density at radius 2 is 2.11 bits per heavy atom. The highest BCUT2D eigenvalue weighted by atomic mass is 16.5. The molecular formula is C18H24N6O3. The highest BCUT2D eigenvalue weighted by Gasteiger charge is 2.23. The van der Waals surface area contributed by atoms with Gasteiger partial charge in [0.2, 0.25) is 5.88 Å². The number of hydrogen-bond donors (Lipinski definition) is 2. The topological polar surface area (TPSA) is 104 Å². The summed E-state index contributed by atoms with van der Waals surface area (Å²) in [5.74, 6) is 2.49. The van der Waals surface area contributed by atoms with Gasteiger partial charge in [-0.05, 0) is 24.8 Å². The van der Waals surface area contributed by atoms with Crippen LogP contribution in [0.4, 0.5) is 22.1 Å². The third-order valence-corrected chi connectivity index (χ3v) is 4.68. The standard InChI is InChI=1S/C18H24N6O3/c1-23(11-13-5-7-24(8-6-13)18(25)26)16-9-15(20-12-21-16)22-14-3-4-17(27-2)19-10-14/h3-4,9-10,12-13H,5-8,11H2,1-2H3,(H,25,26)(H,20,21,22). The molecule has 0 radical (unpaired) electrons. The zero-order chi connectivity index (χ0) is 19.2. The number of piperidine rings is 1. The van der Waals surface area contributed by atoms with Crippen molar-refractivity contribution < 1.29 is 14.6 Å². The van der Waals surface area contributed by atoms with Gasteiger partial charge in [-0.15, -0.1) is 0 Å². The highest BCUT2D eigenvalue weighted by Crippen LogP contribution is 2.22. The molecule has 3 rings (SSSR count). The van der Waals surface area contributed by atoms with Gasteiger partial charge in [-0.1, -0.05) is 0 Å². The van der Waals surface area contributed by atoms with Gasteiger partial charge in [0.1, 0.15) is 18.0 Å².